The Morgan fingerprint density at radius 3 is 1.56 bits per heavy atom. The Bertz CT molecular complexity index is 3160. The number of aryl methyl sites for hydroxylation is 1. The van der Waals surface area contributed by atoms with Gasteiger partial charge in [-0.25, -0.2) is 0 Å². The number of hydrogen-bond acceptors (Lipinski definition) is 0. The van der Waals surface area contributed by atoms with Crippen molar-refractivity contribution >= 4 is 64.9 Å². The van der Waals surface area contributed by atoms with Gasteiger partial charge in [0, 0.05) is 16.5 Å². The van der Waals surface area contributed by atoms with Gasteiger partial charge in [-0.05, 0) is 108 Å². The number of para-hydroxylation sites is 1. The number of hydrogen-bond donors (Lipinski definition) is 0. The van der Waals surface area contributed by atoms with Crippen LogP contribution in [0.2, 0.25) is 0 Å². The summed E-state index contributed by atoms with van der Waals surface area (Å²) < 4.78 is 2.43. The summed E-state index contributed by atoms with van der Waals surface area (Å²) in [5, 5.41) is 12.9. The van der Waals surface area contributed by atoms with Crippen molar-refractivity contribution in [3.05, 3.63) is 188 Å². The van der Waals surface area contributed by atoms with E-state index in [2.05, 4.69) is 193 Å². The smallest absolute Gasteiger partial charge is 0.0547 e. The highest BCUT2D eigenvalue weighted by Crippen LogP contribution is 2.43. The monoisotopic (exact) mass is 659 g/mol. The molecule has 10 aromatic carbocycles. The fourth-order valence-corrected chi connectivity index (χ4v) is 8.72. The molecule has 0 aliphatic rings. The van der Waals surface area contributed by atoms with Gasteiger partial charge in [0.1, 0.15) is 0 Å². The molecule has 1 heterocycles. The molecule has 0 amide bonds. The van der Waals surface area contributed by atoms with Gasteiger partial charge in [-0.15, -0.1) is 0 Å². The third-order valence-corrected chi connectivity index (χ3v) is 11.2. The minimum absolute atomic E-state index is 1.16. The highest BCUT2D eigenvalue weighted by atomic mass is 15.0. The zero-order valence-corrected chi connectivity index (χ0v) is 28.8. The highest BCUT2D eigenvalue weighted by Gasteiger charge is 2.17. The maximum atomic E-state index is 2.43. The van der Waals surface area contributed by atoms with Crippen molar-refractivity contribution in [1.29, 1.82) is 0 Å². The Labute approximate surface area is 302 Å². The Balaban J connectivity index is 1.07. The molecule has 0 saturated heterocycles. The number of aromatic nitrogens is 1. The average molecular weight is 660 g/mol. The first-order valence-corrected chi connectivity index (χ1v) is 18.1. The first kappa shape index (κ1) is 29.1. The van der Waals surface area contributed by atoms with E-state index in [-0.39, 0.29) is 0 Å². The van der Waals surface area contributed by atoms with Crippen LogP contribution in [0.4, 0.5) is 0 Å². The summed E-state index contributed by atoms with van der Waals surface area (Å²) in [6.45, 7) is 2.15. The van der Waals surface area contributed by atoms with E-state index in [1.54, 1.807) is 0 Å². The van der Waals surface area contributed by atoms with Crippen LogP contribution in [0.15, 0.2) is 182 Å². The van der Waals surface area contributed by atoms with Crippen molar-refractivity contribution in [3.63, 3.8) is 0 Å². The van der Waals surface area contributed by atoms with E-state index >= 15 is 0 Å². The fourth-order valence-electron chi connectivity index (χ4n) is 8.72. The van der Waals surface area contributed by atoms with Crippen LogP contribution < -0.4 is 0 Å². The molecule has 11 aromatic rings. The molecule has 0 atom stereocenters. The second kappa shape index (κ2) is 11.2. The van der Waals surface area contributed by atoms with Crippen LogP contribution in [-0.2, 0) is 0 Å². The van der Waals surface area contributed by atoms with E-state index in [0.29, 0.717) is 0 Å². The summed E-state index contributed by atoms with van der Waals surface area (Å²) in [7, 11) is 0. The number of nitrogens with zero attached hydrogens (tertiary/aromatic N) is 1. The molecule has 0 aliphatic carbocycles. The average Bonchev–Trinajstić information content (AvgIpc) is 3.53. The van der Waals surface area contributed by atoms with E-state index in [4.69, 9.17) is 0 Å². The lowest BCUT2D eigenvalue weighted by atomic mass is 9.87. The van der Waals surface area contributed by atoms with E-state index in [0.717, 1.165) is 5.69 Å². The topological polar surface area (TPSA) is 4.93 Å². The van der Waals surface area contributed by atoms with Gasteiger partial charge in [0.25, 0.3) is 0 Å². The summed E-state index contributed by atoms with van der Waals surface area (Å²) >= 11 is 0. The zero-order chi connectivity index (χ0) is 34.3. The second-order valence-electron chi connectivity index (χ2n) is 14.2. The molecule has 11 rings (SSSR count). The maximum absolute atomic E-state index is 2.43. The number of fused-ring (bicyclic) bond motifs is 4. The highest BCUT2D eigenvalue weighted by molar-refractivity contribution is 6.27. The van der Waals surface area contributed by atoms with Crippen LogP contribution in [0.25, 0.3) is 104 Å². The predicted octanol–water partition coefficient (Wildman–Crippen LogP) is 14.1. The van der Waals surface area contributed by atoms with Crippen LogP contribution in [0.1, 0.15) is 5.56 Å². The van der Waals surface area contributed by atoms with E-state index in [1.807, 2.05) is 0 Å². The molecular weight excluding hydrogens is 627 g/mol. The van der Waals surface area contributed by atoms with Gasteiger partial charge < -0.3 is 4.57 Å². The minimum atomic E-state index is 1.16. The first-order chi connectivity index (χ1) is 25.7. The molecule has 1 heteroatoms. The van der Waals surface area contributed by atoms with Gasteiger partial charge in [0.05, 0.1) is 11.0 Å². The second-order valence-corrected chi connectivity index (χ2v) is 14.2. The van der Waals surface area contributed by atoms with Crippen LogP contribution in [0.3, 0.4) is 0 Å². The first-order valence-electron chi connectivity index (χ1n) is 18.1. The minimum Gasteiger partial charge on any atom is -0.309 e. The SMILES string of the molecule is Cc1ccc(-c2ccc3ccc4c(-c5ccc(-n6c7ccccc7c7ccc(-c8cccc9ccccc89)cc76)cc5)ccc5ccc2c3c54)cc1. The normalized spacial score (nSPS) is 11.9. The lowest BCUT2D eigenvalue weighted by Crippen LogP contribution is -1.94. The van der Waals surface area contributed by atoms with E-state index in [9.17, 15) is 0 Å². The van der Waals surface area contributed by atoms with Crippen molar-refractivity contribution in [2.75, 3.05) is 0 Å². The maximum Gasteiger partial charge on any atom is 0.0547 e. The largest absolute Gasteiger partial charge is 0.309 e. The molecule has 0 radical (unpaired) electrons. The summed E-state index contributed by atoms with van der Waals surface area (Å²) in [5.41, 5.74) is 12.4. The molecular formula is C51H33N. The molecule has 0 N–H and O–H groups in total. The predicted molar refractivity (Wildman–Crippen MR) is 223 cm³/mol. The molecule has 52 heavy (non-hydrogen) atoms. The number of benzene rings is 10. The van der Waals surface area contributed by atoms with Gasteiger partial charge in [-0.1, -0.05) is 163 Å². The molecule has 0 aliphatic heterocycles. The third-order valence-electron chi connectivity index (χ3n) is 11.2. The van der Waals surface area contributed by atoms with Crippen LogP contribution >= 0.6 is 0 Å². The lowest BCUT2D eigenvalue weighted by molar-refractivity contribution is 1.18. The molecule has 1 nitrogen and oxygen atoms in total. The van der Waals surface area contributed by atoms with Gasteiger partial charge in [-0.3, -0.25) is 0 Å². The molecule has 0 bridgehead atoms. The number of rotatable bonds is 4. The Kier molecular flexibility index (Phi) is 6.23. The van der Waals surface area contributed by atoms with E-state index in [1.165, 1.54) is 104 Å². The van der Waals surface area contributed by atoms with E-state index < -0.39 is 0 Å². The molecule has 0 saturated carbocycles. The van der Waals surface area contributed by atoms with Crippen molar-refractivity contribution in [2.24, 2.45) is 0 Å². The molecule has 0 fully saturated rings. The zero-order valence-electron chi connectivity index (χ0n) is 28.8. The Morgan fingerprint density at radius 2 is 0.846 bits per heavy atom. The van der Waals surface area contributed by atoms with Crippen molar-refractivity contribution in [3.8, 4) is 39.1 Å². The third kappa shape index (κ3) is 4.30. The molecule has 0 spiro atoms. The standard InChI is InChI=1S/C51H33N/c1-32-13-15-34(16-14-32)42-26-19-36-22-30-47-43(27-20-37-21-29-46(42)50(36)51(37)47)35-17-24-39(25-18-35)52-48-12-5-4-10-44(48)45-28-23-38(31-49(45)52)41-11-6-8-33-7-2-3-9-40(33)41/h2-31H,1H3. The van der Waals surface area contributed by atoms with Gasteiger partial charge in [0.2, 0.25) is 0 Å². The van der Waals surface area contributed by atoms with Crippen LogP contribution in [-0.4, -0.2) is 4.57 Å². The summed E-state index contributed by atoms with van der Waals surface area (Å²) in [6.07, 6.45) is 0. The lowest BCUT2D eigenvalue weighted by Gasteiger charge is -2.17. The van der Waals surface area contributed by atoms with Crippen LogP contribution in [0, 0.1) is 6.92 Å². The van der Waals surface area contributed by atoms with Crippen molar-refractivity contribution in [2.45, 2.75) is 6.92 Å². The quantitative estimate of drug-likeness (QED) is 0.166. The van der Waals surface area contributed by atoms with Gasteiger partial charge in [0.15, 0.2) is 0 Å². The summed E-state index contributed by atoms with van der Waals surface area (Å²) in [5.74, 6) is 0. The molecule has 1 aromatic heterocycles. The van der Waals surface area contributed by atoms with Crippen LogP contribution in [0.5, 0.6) is 0 Å². The van der Waals surface area contributed by atoms with Gasteiger partial charge in [-0.2, -0.15) is 0 Å². The summed E-state index contributed by atoms with van der Waals surface area (Å²) in [6, 6.07) is 67.5. The Morgan fingerprint density at radius 1 is 0.327 bits per heavy atom. The summed E-state index contributed by atoms with van der Waals surface area (Å²) in [4.78, 5) is 0. The fraction of sp³-hybridized carbons (Fsp3) is 0.0196. The molecule has 242 valence electrons. The van der Waals surface area contributed by atoms with Crippen molar-refractivity contribution < 1.29 is 0 Å². The van der Waals surface area contributed by atoms with Crippen molar-refractivity contribution in [1.82, 2.24) is 4.57 Å². The van der Waals surface area contributed by atoms with Gasteiger partial charge >= 0.3 is 0 Å². The Hall–Kier alpha value is -6.70. The molecule has 0 unspecified atom stereocenters.